The fraction of sp³-hybridized carbons (Fsp3) is 0.462. The van der Waals surface area contributed by atoms with Gasteiger partial charge in [-0.1, -0.05) is 12.8 Å². The van der Waals surface area contributed by atoms with Crippen LogP contribution in [0.25, 0.3) is 10.2 Å². The lowest BCUT2D eigenvalue weighted by molar-refractivity contribution is 0.214. The topological polar surface area (TPSA) is 71.2 Å². The van der Waals surface area contributed by atoms with Gasteiger partial charge in [0.05, 0.1) is 33.7 Å². The summed E-state index contributed by atoms with van der Waals surface area (Å²) < 4.78 is 1.10. The van der Waals surface area contributed by atoms with Gasteiger partial charge in [0.2, 0.25) is 0 Å². The second-order valence-electron chi connectivity index (χ2n) is 5.00. The van der Waals surface area contributed by atoms with Crippen molar-refractivity contribution in [1.82, 2.24) is 4.98 Å². The Morgan fingerprint density at radius 1 is 1.39 bits per heavy atom. The maximum absolute atomic E-state index is 9.63. The van der Waals surface area contributed by atoms with Crippen molar-refractivity contribution in [2.24, 2.45) is 0 Å². The SMILES string of the molecule is Nc1c(NC2(CO)CCCC2)ccc2scnc12. The quantitative estimate of drug-likeness (QED) is 0.744. The largest absolute Gasteiger partial charge is 0.395 e. The van der Waals surface area contributed by atoms with Gasteiger partial charge in [0, 0.05) is 0 Å². The molecule has 1 aromatic carbocycles. The van der Waals surface area contributed by atoms with Crippen molar-refractivity contribution in [2.45, 2.75) is 31.2 Å². The summed E-state index contributed by atoms with van der Waals surface area (Å²) in [5.74, 6) is 0. The number of aliphatic hydroxyl groups excluding tert-OH is 1. The van der Waals surface area contributed by atoms with Crippen molar-refractivity contribution in [1.29, 1.82) is 0 Å². The first-order chi connectivity index (χ1) is 8.74. The number of nitrogens with two attached hydrogens (primary N) is 1. The molecule has 4 nitrogen and oxygen atoms in total. The number of nitrogens with one attached hydrogen (secondary N) is 1. The van der Waals surface area contributed by atoms with Crippen molar-refractivity contribution in [2.75, 3.05) is 17.7 Å². The highest BCUT2D eigenvalue weighted by Gasteiger charge is 2.33. The molecule has 0 radical (unpaired) electrons. The van der Waals surface area contributed by atoms with Crippen LogP contribution in [0.1, 0.15) is 25.7 Å². The molecule has 1 aliphatic rings. The lowest BCUT2D eigenvalue weighted by atomic mass is 9.98. The van der Waals surface area contributed by atoms with Crippen LogP contribution in [0.15, 0.2) is 17.6 Å². The van der Waals surface area contributed by atoms with E-state index in [9.17, 15) is 5.11 Å². The monoisotopic (exact) mass is 263 g/mol. The van der Waals surface area contributed by atoms with Gasteiger partial charge in [0.25, 0.3) is 0 Å². The van der Waals surface area contributed by atoms with E-state index in [2.05, 4.69) is 10.3 Å². The van der Waals surface area contributed by atoms with Gasteiger partial charge in [-0.2, -0.15) is 0 Å². The first kappa shape index (κ1) is 11.7. The molecule has 1 aromatic heterocycles. The molecule has 0 spiro atoms. The molecule has 5 heteroatoms. The van der Waals surface area contributed by atoms with Crippen LogP contribution < -0.4 is 11.1 Å². The molecule has 0 atom stereocenters. The van der Waals surface area contributed by atoms with Crippen LogP contribution in [0.2, 0.25) is 0 Å². The number of nitrogen functional groups attached to an aromatic ring is 1. The third-order valence-corrected chi connectivity index (χ3v) is 4.60. The zero-order valence-electron chi connectivity index (χ0n) is 10.1. The van der Waals surface area contributed by atoms with E-state index in [-0.39, 0.29) is 12.1 Å². The van der Waals surface area contributed by atoms with Crippen LogP contribution in [0.3, 0.4) is 0 Å². The average molecular weight is 263 g/mol. The predicted octanol–water partition coefficient (Wildman–Crippen LogP) is 2.60. The van der Waals surface area contributed by atoms with Gasteiger partial charge >= 0.3 is 0 Å². The standard InChI is InChI=1S/C13H17N3OS/c14-11-9(3-4-10-12(11)15-8-18-10)16-13(7-17)5-1-2-6-13/h3-4,8,16-17H,1-2,5-7,14H2. The summed E-state index contributed by atoms with van der Waals surface area (Å²) in [5, 5.41) is 13.1. The van der Waals surface area contributed by atoms with Crippen LogP contribution in [0.4, 0.5) is 11.4 Å². The van der Waals surface area contributed by atoms with Gasteiger partial charge in [-0.15, -0.1) is 11.3 Å². The summed E-state index contributed by atoms with van der Waals surface area (Å²) >= 11 is 1.59. The minimum atomic E-state index is -0.197. The number of aliphatic hydroxyl groups is 1. The number of anilines is 2. The number of thiazole rings is 1. The zero-order valence-corrected chi connectivity index (χ0v) is 11.0. The van der Waals surface area contributed by atoms with E-state index in [1.54, 1.807) is 11.3 Å². The van der Waals surface area contributed by atoms with Crippen LogP contribution in [-0.4, -0.2) is 22.2 Å². The molecular formula is C13H17N3OS. The molecule has 0 bridgehead atoms. The van der Waals surface area contributed by atoms with Crippen LogP contribution in [-0.2, 0) is 0 Å². The van der Waals surface area contributed by atoms with E-state index < -0.39 is 0 Å². The Hall–Kier alpha value is -1.33. The molecule has 18 heavy (non-hydrogen) atoms. The van der Waals surface area contributed by atoms with E-state index >= 15 is 0 Å². The summed E-state index contributed by atoms with van der Waals surface area (Å²) in [6, 6.07) is 4.03. The lowest BCUT2D eigenvalue weighted by Gasteiger charge is -2.30. The van der Waals surface area contributed by atoms with Crippen molar-refractivity contribution < 1.29 is 5.11 Å². The molecule has 0 unspecified atom stereocenters. The van der Waals surface area contributed by atoms with Crippen molar-refractivity contribution in [3.8, 4) is 0 Å². The first-order valence-electron chi connectivity index (χ1n) is 6.25. The minimum absolute atomic E-state index is 0.154. The number of nitrogens with zero attached hydrogens (tertiary/aromatic N) is 1. The number of rotatable bonds is 3. The highest BCUT2D eigenvalue weighted by molar-refractivity contribution is 7.16. The molecule has 0 amide bonds. The second kappa shape index (κ2) is 4.40. The summed E-state index contributed by atoms with van der Waals surface area (Å²) in [6.45, 7) is 0.154. The molecule has 4 N–H and O–H groups in total. The molecule has 1 fully saturated rings. The molecular weight excluding hydrogens is 246 g/mol. The summed E-state index contributed by atoms with van der Waals surface area (Å²) in [5.41, 5.74) is 10.2. The van der Waals surface area contributed by atoms with E-state index in [1.807, 2.05) is 17.6 Å². The van der Waals surface area contributed by atoms with Crippen LogP contribution in [0.5, 0.6) is 0 Å². The van der Waals surface area contributed by atoms with E-state index in [4.69, 9.17) is 5.73 Å². The van der Waals surface area contributed by atoms with Crippen LogP contribution >= 0.6 is 11.3 Å². The minimum Gasteiger partial charge on any atom is -0.395 e. The summed E-state index contributed by atoms with van der Waals surface area (Å²) in [4.78, 5) is 4.29. The van der Waals surface area contributed by atoms with Gasteiger partial charge in [-0.25, -0.2) is 4.98 Å². The van der Waals surface area contributed by atoms with Gasteiger partial charge in [-0.3, -0.25) is 0 Å². The van der Waals surface area contributed by atoms with Crippen molar-refractivity contribution in [3.05, 3.63) is 17.6 Å². The number of hydrogen-bond acceptors (Lipinski definition) is 5. The molecule has 0 saturated heterocycles. The number of aromatic nitrogens is 1. The molecule has 96 valence electrons. The summed E-state index contributed by atoms with van der Waals surface area (Å²) in [7, 11) is 0. The Labute approximate surface area is 110 Å². The fourth-order valence-electron chi connectivity index (χ4n) is 2.72. The highest BCUT2D eigenvalue weighted by Crippen LogP contribution is 2.37. The Balaban J connectivity index is 1.96. The predicted molar refractivity (Wildman–Crippen MR) is 75.9 cm³/mol. The maximum Gasteiger partial charge on any atom is 0.106 e. The maximum atomic E-state index is 9.63. The Morgan fingerprint density at radius 2 is 2.17 bits per heavy atom. The highest BCUT2D eigenvalue weighted by atomic mass is 32.1. The molecule has 2 aromatic rings. The van der Waals surface area contributed by atoms with Gasteiger partial charge in [0.1, 0.15) is 5.52 Å². The van der Waals surface area contributed by atoms with E-state index in [0.717, 1.165) is 41.6 Å². The molecule has 3 rings (SSSR count). The fourth-order valence-corrected chi connectivity index (χ4v) is 3.41. The first-order valence-corrected chi connectivity index (χ1v) is 7.13. The smallest absolute Gasteiger partial charge is 0.106 e. The summed E-state index contributed by atoms with van der Waals surface area (Å²) in [6.07, 6.45) is 4.31. The van der Waals surface area contributed by atoms with Crippen molar-refractivity contribution in [3.63, 3.8) is 0 Å². The van der Waals surface area contributed by atoms with Crippen molar-refractivity contribution >= 4 is 32.9 Å². The molecule has 1 saturated carbocycles. The number of benzene rings is 1. The Bertz CT molecular complexity index is 560. The van der Waals surface area contributed by atoms with Gasteiger partial charge in [-0.05, 0) is 25.0 Å². The zero-order chi connectivity index (χ0) is 12.6. The molecule has 1 heterocycles. The normalized spacial score (nSPS) is 18.3. The Kier molecular flexibility index (Phi) is 2.87. The van der Waals surface area contributed by atoms with E-state index in [0.29, 0.717) is 5.69 Å². The second-order valence-corrected chi connectivity index (χ2v) is 5.88. The van der Waals surface area contributed by atoms with Gasteiger partial charge in [0.15, 0.2) is 0 Å². The third-order valence-electron chi connectivity index (χ3n) is 3.80. The number of fused-ring (bicyclic) bond motifs is 1. The lowest BCUT2D eigenvalue weighted by Crippen LogP contribution is -2.39. The third kappa shape index (κ3) is 1.83. The van der Waals surface area contributed by atoms with Gasteiger partial charge < -0.3 is 16.2 Å². The average Bonchev–Trinajstić information content (AvgIpc) is 3.03. The molecule has 1 aliphatic carbocycles. The Morgan fingerprint density at radius 3 is 2.89 bits per heavy atom. The molecule has 0 aliphatic heterocycles. The van der Waals surface area contributed by atoms with Crippen LogP contribution in [0, 0.1) is 0 Å². The number of hydrogen-bond donors (Lipinski definition) is 3. The van der Waals surface area contributed by atoms with E-state index in [1.165, 1.54) is 0 Å².